The van der Waals surface area contributed by atoms with Gasteiger partial charge < -0.3 is 26.1 Å². The van der Waals surface area contributed by atoms with Crippen LogP contribution in [0, 0.1) is 0 Å². The molecule has 1 aliphatic heterocycles. The summed E-state index contributed by atoms with van der Waals surface area (Å²) in [5.74, 6) is 0.0212. The fourth-order valence-electron chi connectivity index (χ4n) is 2.27. The minimum atomic E-state index is -0.710. The number of nitrogens with one attached hydrogen (secondary N) is 1. The zero-order valence-electron chi connectivity index (χ0n) is 11.7. The van der Waals surface area contributed by atoms with Crippen LogP contribution < -0.4 is 11.1 Å². The second-order valence-electron chi connectivity index (χ2n) is 5.23. The standard InChI is InChI=1S/C14H20ClN3O3/c15-12-7-10(13(16)18-20)1-2-11(12)8-17-9-14(19)3-5-21-6-4-14/h1-2,7,17,19-20H,3-6,8-9H2,(H2,16,18). The van der Waals surface area contributed by atoms with Crippen molar-refractivity contribution in [1.82, 2.24) is 5.32 Å². The quantitative estimate of drug-likeness (QED) is 0.282. The van der Waals surface area contributed by atoms with E-state index < -0.39 is 5.60 Å². The molecule has 1 fully saturated rings. The van der Waals surface area contributed by atoms with E-state index in [-0.39, 0.29) is 5.84 Å². The molecule has 1 saturated heterocycles. The molecule has 21 heavy (non-hydrogen) atoms. The summed E-state index contributed by atoms with van der Waals surface area (Å²) in [6, 6.07) is 5.20. The van der Waals surface area contributed by atoms with E-state index in [2.05, 4.69) is 10.5 Å². The van der Waals surface area contributed by atoms with Crippen molar-refractivity contribution >= 4 is 17.4 Å². The Morgan fingerprint density at radius 2 is 2.14 bits per heavy atom. The van der Waals surface area contributed by atoms with Crippen molar-refractivity contribution in [3.8, 4) is 0 Å². The number of nitrogens with two attached hydrogens (primary N) is 1. The molecule has 1 aromatic rings. The van der Waals surface area contributed by atoms with Gasteiger partial charge in [-0.25, -0.2) is 0 Å². The topological polar surface area (TPSA) is 100 Å². The van der Waals surface area contributed by atoms with Crippen LogP contribution in [0.25, 0.3) is 0 Å². The number of nitrogens with zero attached hydrogens (tertiary/aromatic N) is 1. The molecule has 0 bridgehead atoms. The summed E-state index contributed by atoms with van der Waals surface area (Å²) in [5, 5.41) is 25.6. The lowest BCUT2D eigenvalue weighted by atomic mass is 9.94. The molecular weight excluding hydrogens is 294 g/mol. The molecule has 1 aromatic carbocycles. The minimum absolute atomic E-state index is 0.0212. The Bertz CT molecular complexity index is 516. The maximum absolute atomic E-state index is 10.3. The third kappa shape index (κ3) is 4.31. The molecule has 1 aliphatic rings. The van der Waals surface area contributed by atoms with Crippen LogP contribution in [-0.4, -0.2) is 41.5 Å². The number of ether oxygens (including phenoxy) is 1. The van der Waals surface area contributed by atoms with Crippen molar-refractivity contribution in [3.05, 3.63) is 34.3 Å². The third-order valence-electron chi connectivity index (χ3n) is 3.65. The molecule has 116 valence electrons. The first kappa shape index (κ1) is 16.0. The summed E-state index contributed by atoms with van der Waals surface area (Å²) in [7, 11) is 0. The minimum Gasteiger partial charge on any atom is -0.409 e. The normalized spacial score (nSPS) is 18.7. The molecule has 6 nitrogen and oxygen atoms in total. The van der Waals surface area contributed by atoms with Crippen LogP contribution in [0.4, 0.5) is 0 Å². The van der Waals surface area contributed by atoms with Crippen molar-refractivity contribution in [2.24, 2.45) is 10.9 Å². The fourth-order valence-corrected chi connectivity index (χ4v) is 2.51. The number of halogens is 1. The molecule has 7 heteroatoms. The molecule has 0 spiro atoms. The predicted molar refractivity (Wildman–Crippen MR) is 80.7 cm³/mol. The number of oxime groups is 1. The summed E-state index contributed by atoms with van der Waals surface area (Å²) >= 11 is 6.17. The van der Waals surface area contributed by atoms with Crippen molar-refractivity contribution in [1.29, 1.82) is 0 Å². The van der Waals surface area contributed by atoms with E-state index in [1.807, 2.05) is 6.07 Å². The van der Waals surface area contributed by atoms with E-state index >= 15 is 0 Å². The molecule has 2 rings (SSSR count). The maximum Gasteiger partial charge on any atom is 0.170 e. The predicted octanol–water partition coefficient (Wildman–Crippen LogP) is 1.07. The van der Waals surface area contributed by atoms with Crippen LogP contribution in [0.5, 0.6) is 0 Å². The van der Waals surface area contributed by atoms with Crippen molar-refractivity contribution in [2.45, 2.75) is 25.0 Å². The molecule has 0 unspecified atom stereocenters. The highest BCUT2D eigenvalue weighted by atomic mass is 35.5. The summed E-state index contributed by atoms with van der Waals surface area (Å²) in [6.07, 6.45) is 1.27. The largest absolute Gasteiger partial charge is 0.409 e. The van der Waals surface area contributed by atoms with Gasteiger partial charge in [-0.3, -0.25) is 0 Å². The van der Waals surface area contributed by atoms with Gasteiger partial charge in [0.1, 0.15) is 0 Å². The van der Waals surface area contributed by atoms with Crippen molar-refractivity contribution in [2.75, 3.05) is 19.8 Å². The van der Waals surface area contributed by atoms with Gasteiger partial charge in [-0.05, 0) is 11.6 Å². The van der Waals surface area contributed by atoms with Crippen molar-refractivity contribution < 1.29 is 15.1 Å². The average molecular weight is 314 g/mol. The third-order valence-corrected chi connectivity index (χ3v) is 4.00. The smallest absolute Gasteiger partial charge is 0.170 e. The monoisotopic (exact) mass is 313 g/mol. The second-order valence-corrected chi connectivity index (χ2v) is 5.64. The van der Waals surface area contributed by atoms with E-state index in [9.17, 15) is 5.11 Å². The van der Waals surface area contributed by atoms with Crippen LogP contribution in [0.15, 0.2) is 23.4 Å². The van der Waals surface area contributed by atoms with Crippen LogP contribution in [-0.2, 0) is 11.3 Å². The second kappa shape index (κ2) is 7.09. The summed E-state index contributed by atoms with van der Waals surface area (Å²) < 4.78 is 5.24. The molecule has 0 aromatic heterocycles. The van der Waals surface area contributed by atoms with E-state index in [1.54, 1.807) is 12.1 Å². The first-order valence-electron chi connectivity index (χ1n) is 6.81. The molecule has 0 atom stereocenters. The Labute approximate surface area is 128 Å². The number of aliphatic hydroxyl groups is 1. The molecule has 0 radical (unpaired) electrons. The van der Waals surface area contributed by atoms with Gasteiger partial charge in [0.2, 0.25) is 0 Å². The molecule has 5 N–H and O–H groups in total. The first-order chi connectivity index (χ1) is 10.0. The first-order valence-corrected chi connectivity index (χ1v) is 7.19. The van der Waals surface area contributed by atoms with Gasteiger partial charge in [-0.2, -0.15) is 0 Å². The lowest BCUT2D eigenvalue weighted by molar-refractivity contribution is -0.0617. The van der Waals surface area contributed by atoms with Crippen LogP contribution in [0.3, 0.4) is 0 Å². The van der Waals surface area contributed by atoms with E-state index in [1.165, 1.54) is 0 Å². The van der Waals surface area contributed by atoms with Gasteiger partial charge >= 0.3 is 0 Å². The number of benzene rings is 1. The van der Waals surface area contributed by atoms with Gasteiger partial charge in [-0.15, -0.1) is 0 Å². The van der Waals surface area contributed by atoms with Gasteiger partial charge in [0.25, 0.3) is 0 Å². The Morgan fingerprint density at radius 3 is 2.76 bits per heavy atom. The maximum atomic E-state index is 10.3. The Hall–Kier alpha value is -1.34. The Kier molecular flexibility index (Phi) is 5.41. The SMILES string of the molecule is N/C(=N/O)c1ccc(CNCC2(O)CCOCC2)c(Cl)c1. The zero-order valence-corrected chi connectivity index (χ0v) is 12.4. The van der Waals surface area contributed by atoms with Gasteiger partial charge in [0.05, 0.1) is 5.60 Å². The average Bonchev–Trinajstić information content (AvgIpc) is 2.48. The summed E-state index contributed by atoms with van der Waals surface area (Å²) in [4.78, 5) is 0. The van der Waals surface area contributed by atoms with E-state index in [0.717, 1.165) is 5.56 Å². The summed E-state index contributed by atoms with van der Waals surface area (Å²) in [5.41, 5.74) is 6.25. The van der Waals surface area contributed by atoms with Gasteiger partial charge in [0, 0.05) is 49.7 Å². The lowest BCUT2D eigenvalue weighted by Gasteiger charge is -2.32. The lowest BCUT2D eigenvalue weighted by Crippen LogP contribution is -2.44. The highest BCUT2D eigenvalue weighted by Crippen LogP contribution is 2.21. The molecular formula is C14H20ClN3O3. The van der Waals surface area contributed by atoms with E-state index in [0.29, 0.717) is 49.7 Å². The van der Waals surface area contributed by atoms with Crippen LogP contribution in [0.2, 0.25) is 5.02 Å². The molecule has 0 aliphatic carbocycles. The molecule has 0 amide bonds. The fraction of sp³-hybridized carbons (Fsp3) is 0.500. The van der Waals surface area contributed by atoms with E-state index in [4.69, 9.17) is 27.3 Å². The van der Waals surface area contributed by atoms with Gasteiger partial charge in [0.15, 0.2) is 5.84 Å². The highest BCUT2D eigenvalue weighted by molar-refractivity contribution is 6.31. The summed E-state index contributed by atoms with van der Waals surface area (Å²) in [6.45, 7) is 2.22. The molecule has 0 saturated carbocycles. The highest BCUT2D eigenvalue weighted by Gasteiger charge is 2.29. The number of hydrogen-bond donors (Lipinski definition) is 4. The van der Waals surface area contributed by atoms with Crippen LogP contribution >= 0.6 is 11.6 Å². The van der Waals surface area contributed by atoms with Gasteiger partial charge in [-0.1, -0.05) is 28.9 Å². The zero-order chi connectivity index (χ0) is 15.3. The van der Waals surface area contributed by atoms with Crippen molar-refractivity contribution in [3.63, 3.8) is 0 Å². The Balaban J connectivity index is 1.91. The van der Waals surface area contributed by atoms with Crippen LogP contribution in [0.1, 0.15) is 24.0 Å². The molecule has 1 heterocycles. The number of hydrogen-bond acceptors (Lipinski definition) is 5. The number of amidine groups is 1. The number of rotatable bonds is 5. The Morgan fingerprint density at radius 1 is 1.43 bits per heavy atom.